The summed E-state index contributed by atoms with van der Waals surface area (Å²) < 4.78 is 25.3. The van der Waals surface area contributed by atoms with Gasteiger partial charge in [0.1, 0.15) is 0 Å². The van der Waals surface area contributed by atoms with Crippen LogP contribution in [0.3, 0.4) is 0 Å². The summed E-state index contributed by atoms with van der Waals surface area (Å²) in [5.74, 6) is -0.0426. The lowest BCUT2D eigenvalue weighted by atomic mass is 10.1. The molecule has 26 heavy (non-hydrogen) atoms. The number of aryl methyl sites for hydroxylation is 3. The fourth-order valence-electron chi connectivity index (χ4n) is 2.70. The molecule has 1 amide bonds. The van der Waals surface area contributed by atoms with Gasteiger partial charge in [0.05, 0.1) is 4.90 Å². The quantitative estimate of drug-likeness (QED) is 0.808. The molecule has 0 aliphatic carbocycles. The van der Waals surface area contributed by atoms with Gasteiger partial charge in [-0.3, -0.25) is 4.79 Å². The van der Waals surface area contributed by atoms with E-state index in [1.54, 1.807) is 24.3 Å². The highest BCUT2D eigenvalue weighted by molar-refractivity contribution is 7.89. The fraction of sp³-hybridized carbons (Fsp3) is 0.350. The highest BCUT2D eigenvalue weighted by atomic mass is 32.2. The molecule has 0 saturated carbocycles. The second kappa shape index (κ2) is 8.47. The number of rotatable bonds is 7. The van der Waals surface area contributed by atoms with Crippen molar-refractivity contribution in [2.45, 2.75) is 38.0 Å². The van der Waals surface area contributed by atoms with E-state index in [1.165, 1.54) is 18.4 Å². The van der Waals surface area contributed by atoms with Crippen LogP contribution in [0.25, 0.3) is 0 Å². The first kappa shape index (κ1) is 20.1. The predicted molar refractivity (Wildman–Crippen MR) is 105 cm³/mol. The number of para-hydroxylation sites is 1. The molecular weight excluding hydrogens is 348 g/mol. The Bertz CT molecular complexity index is 872. The summed E-state index contributed by atoms with van der Waals surface area (Å²) in [5, 5.41) is 3.01. The van der Waals surface area contributed by atoms with E-state index in [1.807, 2.05) is 25.1 Å². The van der Waals surface area contributed by atoms with Gasteiger partial charge in [0, 0.05) is 26.2 Å². The van der Waals surface area contributed by atoms with Crippen molar-refractivity contribution < 1.29 is 13.2 Å². The third kappa shape index (κ3) is 4.71. The summed E-state index contributed by atoms with van der Waals surface area (Å²) in [6.45, 7) is 4.05. The molecule has 0 fully saturated rings. The van der Waals surface area contributed by atoms with Crippen molar-refractivity contribution in [2.75, 3.05) is 19.4 Å². The molecule has 0 aromatic heterocycles. The molecule has 2 aromatic rings. The highest BCUT2D eigenvalue weighted by Gasteiger charge is 2.16. The number of hydrogen-bond donors (Lipinski definition) is 1. The van der Waals surface area contributed by atoms with Crippen LogP contribution in [0.4, 0.5) is 5.69 Å². The fourth-order valence-corrected chi connectivity index (χ4v) is 3.60. The maximum absolute atomic E-state index is 12.3. The molecule has 2 aromatic carbocycles. The number of nitrogens with zero attached hydrogens (tertiary/aromatic N) is 1. The third-order valence-corrected chi connectivity index (χ3v) is 6.18. The van der Waals surface area contributed by atoms with Crippen molar-refractivity contribution in [3.05, 3.63) is 59.2 Å². The molecule has 0 heterocycles. The van der Waals surface area contributed by atoms with Crippen LogP contribution in [0, 0.1) is 6.92 Å². The summed E-state index contributed by atoms with van der Waals surface area (Å²) in [7, 11) is -0.417. The third-order valence-electron chi connectivity index (χ3n) is 4.35. The van der Waals surface area contributed by atoms with Crippen molar-refractivity contribution >= 4 is 21.6 Å². The maximum Gasteiger partial charge on any atom is 0.242 e. The van der Waals surface area contributed by atoms with Crippen molar-refractivity contribution in [3.63, 3.8) is 0 Å². The first-order chi connectivity index (χ1) is 12.3. The van der Waals surface area contributed by atoms with Gasteiger partial charge >= 0.3 is 0 Å². The SMILES string of the molecule is CCc1cccc(C)c1NC(=O)CCc1ccc(S(=O)(=O)N(C)C)cc1. The van der Waals surface area contributed by atoms with E-state index in [9.17, 15) is 13.2 Å². The zero-order valence-electron chi connectivity index (χ0n) is 15.7. The lowest BCUT2D eigenvalue weighted by molar-refractivity contribution is -0.116. The van der Waals surface area contributed by atoms with Crippen molar-refractivity contribution in [1.29, 1.82) is 0 Å². The van der Waals surface area contributed by atoms with Crippen molar-refractivity contribution in [3.8, 4) is 0 Å². The van der Waals surface area contributed by atoms with E-state index in [4.69, 9.17) is 0 Å². The van der Waals surface area contributed by atoms with Gasteiger partial charge in [0.15, 0.2) is 0 Å². The summed E-state index contributed by atoms with van der Waals surface area (Å²) in [5.41, 5.74) is 4.00. The molecule has 6 heteroatoms. The number of anilines is 1. The summed E-state index contributed by atoms with van der Waals surface area (Å²) in [6, 6.07) is 12.7. The summed E-state index contributed by atoms with van der Waals surface area (Å²) in [4.78, 5) is 12.6. The van der Waals surface area contributed by atoms with Crippen LogP contribution >= 0.6 is 0 Å². The van der Waals surface area contributed by atoms with Gasteiger partial charge in [-0.25, -0.2) is 12.7 Å². The van der Waals surface area contributed by atoms with Crippen molar-refractivity contribution in [1.82, 2.24) is 4.31 Å². The summed E-state index contributed by atoms with van der Waals surface area (Å²) in [6.07, 6.45) is 1.76. The first-order valence-corrected chi connectivity index (χ1v) is 10.1. The number of benzene rings is 2. The zero-order chi connectivity index (χ0) is 19.3. The lowest BCUT2D eigenvalue weighted by Crippen LogP contribution is -2.22. The number of sulfonamides is 1. The van der Waals surface area contributed by atoms with E-state index in [0.717, 1.165) is 28.8 Å². The Morgan fingerprint density at radius 2 is 1.73 bits per heavy atom. The van der Waals surface area contributed by atoms with Gasteiger partial charge in [-0.2, -0.15) is 0 Å². The molecule has 0 spiro atoms. The van der Waals surface area contributed by atoms with E-state index in [0.29, 0.717) is 12.8 Å². The van der Waals surface area contributed by atoms with Gasteiger partial charge in [-0.05, 0) is 48.6 Å². The molecule has 0 bridgehead atoms. The van der Waals surface area contributed by atoms with Crippen LogP contribution in [0.5, 0.6) is 0 Å². The van der Waals surface area contributed by atoms with Gasteiger partial charge in [0.25, 0.3) is 0 Å². The van der Waals surface area contributed by atoms with Crippen LogP contribution < -0.4 is 5.32 Å². The number of nitrogens with one attached hydrogen (secondary N) is 1. The molecule has 140 valence electrons. The molecule has 5 nitrogen and oxygen atoms in total. The molecule has 0 aliphatic heterocycles. The molecule has 0 aliphatic rings. The Morgan fingerprint density at radius 3 is 2.31 bits per heavy atom. The average molecular weight is 375 g/mol. The summed E-state index contributed by atoms with van der Waals surface area (Å²) >= 11 is 0. The average Bonchev–Trinajstić information content (AvgIpc) is 2.62. The molecule has 0 atom stereocenters. The molecule has 2 rings (SSSR count). The van der Waals surface area contributed by atoms with Crippen LogP contribution in [0.1, 0.15) is 30.0 Å². The van der Waals surface area contributed by atoms with Crippen LogP contribution in [-0.4, -0.2) is 32.7 Å². The smallest absolute Gasteiger partial charge is 0.242 e. The molecule has 1 N–H and O–H groups in total. The number of amides is 1. The second-order valence-corrected chi connectivity index (χ2v) is 8.59. The monoisotopic (exact) mass is 374 g/mol. The number of hydrogen-bond acceptors (Lipinski definition) is 3. The molecule has 0 unspecified atom stereocenters. The molecule has 0 saturated heterocycles. The van der Waals surface area contributed by atoms with E-state index in [2.05, 4.69) is 12.2 Å². The molecule has 0 radical (unpaired) electrons. The molecular formula is C20H26N2O3S. The largest absolute Gasteiger partial charge is 0.326 e. The lowest BCUT2D eigenvalue weighted by Gasteiger charge is -2.13. The highest BCUT2D eigenvalue weighted by Crippen LogP contribution is 2.21. The predicted octanol–water partition coefficient (Wildman–Crippen LogP) is 3.38. The zero-order valence-corrected chi connectivity index (χ0v) is 16.6. The second-order valence-electron chi connectivity index (χ2n) is 6.44. The van der Waals surface area contributed by atoms with E-state index in [-0.39, 0.29) is 10.8 Å². The maximum atomic E-state index is 12.3. The van der Waals surface area contributed by atoms with Gasteiger partial charge in [-0.15, -0.1) is 0 Å². The normalized spacial score (nSPS) is 11.6. The van der Waals surface area contributed by atoms with E-state index >= 15 is 0 Å². The van der Waals surface area contributed by atoms with Gasteiger partial charge in [0.2, 0.25) is 15.9 Å². The minimum Gasteiger partial charge on any atom is -0.326 e. The van der Waals surface area contributed by atoms with Crippen LogP contribution in [0.15, 0.2) is 47.4 Å². The minimum atomic E-state index is -3.42. The van der Waals surface area contributed by atoms with Crippen LogP contribution in [-0.2, 0) is 27.7 Å². The Kier molecular flexibility index (Phi) is 6.56. The Hall–Kier alpha value is -2.18. The van der Waals surface area contributed by atoms with Crippen LogP contribution in [0.2, 0.25) is 0 Å². The van der Waals surface area contributed by atoms with Gasteiger partial charge in [-0.1, -0.05) is 37.3 Å². The first-order valence-electron chi connectivity index (χ1n) is 8.65. The Balaban J connectivity index is 2.00. The standard InChI is InChI=1S/C20H26N2O3S/c1-5-17-8-6-7-15(2)20(17)21-19(23)14-11-16-9-12-18(13-10-16)26(24,25)22(3)4/h6-10,12-13H,5,11,14H2,1-4H3,(H,21,23). The minimum absolute atomic E-state index is 0.0426. The van der Waals surface area contributed by atoms with E-state index < -0.39 is 10.0 Å². The van der Waals surface area contributed by atoms with Gasteiger partial charge < -0.3 is 5.32 Å². The number of carbonyl (C=O) groups excluding carboxylic acids is 1. The van der Waals surface area contributed by atoms with Crippen molar-refractivity contribution in [2.24, 2.45) is 0 Å². The Morgan fingerprint density at radius 1 is 1.08 bits per heavy atom. The number of carbonyl (C=O) groups is 1. The topological polar surface area (TPSA) is 66.5 Å². The Labute approximate surface area is 156 Å².